The number of carbonyl (C=O) groups is 2. The first-order valence-corrected chi connectivity index (χ1v) is 11.6. The zero-order valence-electron chi connectivity index (χ0n) is 19.5. The number of alkyl halides is 2. The Morgan fingerprint density at radius 1 is 1.22 bits per heavy atom. The highest BCUT2D eigenvalue weighted by atomic mass is 19.3. The van der Waals surface area contributed by atoms with Crippen LogP contribution < -0.4 is 15.5 Å². The molecule has 1 atom stereocenters. The van der Waals surface area contributed by atoms with E-state index < -0.39 is 30.1 Å². The van der Waals surface area contributed by atoms with Crippen LogP contribution in [-0.4, -0.2) is 57.3 Å². The predicted molar refractivity (Wildman–Crippen MR) is 129 cm³/mol. The van der Waals surface area contributed by atoms with Gasteiger partial charge < -0.3 is 15.5 Å². The summed E-state index contributed by atoms with van der Waals surface area (Å²) in [5.41, 5.74) is 3.54. The molecule has 12 heteroatoms. The Balaban J connectivity index is 1.40. The molecule has 1 aromatic carbocycles. The number of aromatic nitrogens is 4. The van der Waals surface area contributed by atoms with Gasteiger partial charge in [-0.3, -0.25) is 14.6 Å². The van der Waals surface area contributed by atoms with Crippen LogP contribution in [0.25, 0.3) is 16.9 Å². The van der Waals surface area contributed by atoms with E-state index in [2.05, 4.69) is 25.7 Å². The molecular formula is C25H20F3N7O2. The Kier molecular flexibility index (Phi) is 5.14. The Labute approximate surface area is 208 Å². The number of fused-ring (bicyclic) bond motifs is 2. The van der Waals surface area contributed by atoms with E-state index in [1.54, 1.807) is 25.2 Å². The fraction of sp³-hybridized carbons (Fsp3) is 0.240. The summed E-state index contributed by atoms with van der Waals surface area (Å²) in [6, 6.07) is 7.17. The molecule has 1 aliphatic heterocycles. The number of pyridine rings is 1. The Hall–Kier alpha value is -4.48. The second kappa shape index (κ2) is 8.29. The molecule has 1 saturated carbocycles. The number of nitrogens with one attached hydrogen (secondary N) is 2. The standard InChI is InChI=1S/C25H20F3N7O2/c1-29-17-8-21(33-35-19(11-31-23(17)35)24(37)32-20-9-25(20,27)28)34-6-5-14-15(3-2-4-18(14)34)22-16(26)7-13(12-36)10-30-22/h2-4,7-8,10-12,20,29H,5-6,9H2,1H3,(H,32,37)/t20-/m1/s1. The lowest BCUT2D eigenvalue weighted by molar-refractivity contribution is 0.0843. The number of benzene rings is 1. The van der Waals surface area contributed by atoms with Gasteiger partial charge in [-0.25, -0.2) is 22.7 Å². The number of anilines is 3. The molecular weight excluding hydrogens is 487 g/mol. The fourth-order valence-electron chi connectivity index (χ4n) is 4.64. The Morgan fingerprint density at radius 2 is 2.03 bits per heavy atom. The summed E-state index contributed by atoms with van der Waals surface area (Å²) in [6.07, 6.45) is 3.35. The number of amides is 1. The SMILES string of the molecule is CNc1cc(N2CCc3c(-c4ncc(C=O)cc4F)cccc32)nn2c(C(=O)N[C@@H]3CC3(F)F)cnc12. The molecule has 0 radical (unpaired) electrons. The highest BCUT2D eigenvalue weighted by molar-refractivity contribution is 5.94. The second-order valence-corrected chi connectivity index (χ2v) is 8.96. The average molecular weight is 507 g/mol. The number of rotatable bonds is 6. The van der Waals surface area contributed by atoms with Crippen LogP contribution >= 0.6 is 0 Å². The largest absolute Gasteiger partial charge is 0.385 e. The number of aldehydes is 1. The molecule has 3 aromatic heterocycles. The summed E-state index contributed by atoms with van der Waals surface area (Å²) in [4.78, 5) is 34.1. The van der Waals surface area contributed by atoms with Crippen LogP contribution in [0.4, 0.5) is 30.4 Å². The van der Waals surface area contributed by atoms with E-state index in [0.29, 0.717) is 42.0 Å². The third kappa shape index (κ3) is 3.76. The zero-order valence-corrected chi connectivity index (χ0v) is 19.5. The summed E-state index contributed by atoms with van der Waals surface area (Å²) >= 11 is 0. The molecule has 1 fully saturated rings. The van der Waals surface area contributed by atoms with E-state index in [0.717, 1.165) is 17.3 Å². The van der Waals surface area contributed by atoms with Crippen molar-refractivity contribution in [2.75, 3.05) is 23.8 Å². The molecule has 188 valence electrons. The first-order chi connectivity index (χ1) is 17.8. The van der Waals surface area contributed by atoms with Crippen LogP contribution in [-0.2, 0) is 6.42 Å². The summed E-state index contributed by atoms with van der Waals surface area (Å²) in [7, 11) is 1.70. The van der Waals surface area contributed by atoms with Crippen molar-refractivity contribution < 1.29 is 22.8 Å². The van der Waals surface area contributed by atoms with Crippen LogP contribution in [0.15, 0.2) is 42.7 Å². The minimum atomic E-state index is -2.90. The van der Waals surface area contributed by atoms with Gasteiger partial charge in [0.15, 0.2) is 23.4 Å². The number of hydrogen-bond acceptors (Lipinski definition) is 7. The van der Waals surface area contributed by atoms with E-state index in [9.17, 15) is 22.8 Å². The number of nitrogens with zero attached hydrogens (tertiary/aromatic N) is 5. The smallest absolute Gasteiger partial charge is 0.272 e. The van der Waals surface area contributed by atoms with E-state index in [1.807, 2.05) is 11.0 Å². The molecule has 4 heterocycles. The average Bonchev–Trinajstić information content (AvgIpc) is 3.24. The van der Waals surface area contributed by atoms with Crippen LogP contribution in [0, 0.1) is 5.82 Å². The minimum Gasteiger partial charge on any atom is -0.385 e. The molecule has 0 unspecified atom stereocenters. The lowest BCUT2D eigenvalue weighted by atomic mass is 10.0. The van der Waals surface area contributed by atoms with Gasteiger partial charge in [-0.1, -0.05) is 12.1 Å². The zero-order chi connectivity index (χ0) is 25.9. The van der Waals surface area contributed by atoms with Gasteiger partial charge in [0.1, 0.15) is 11.5 Å². The van der Waals surface area contributed by atoms with E-state index in [4.69, 9.17) is 0 Å². The van der Waals surface area contributed by atoms with Crippen LogP contribution in [0.1, 0.15) is 32.8 Å². The number of carbonyl (C=O) groups excluding carboxylic acids is 2. The molecule has 0 spiro atoms. The third-order valence-corrected chi connectivity index (χ3v) is 6.65. The van der Waals surface area contributed by atoms with Crippen molar-refractivity contribution in [3.8, 4) is 11.3 Å². The second-order valence-electron chi connectivity index (χ2n) is 8.96. The number of hydrogen-bond donors (Lipinski definition) is 2. The summed E-state index contributed by atoms with van der Waals surface area (Å²) < 4.78 is 42.8. The summed E-state index contributed by atoms with van der Waals surface area (Å²) in [5, 5.41) is 9.99. The van der Waals surface area contributed by atoms with Gasteiger partial charge in [0.05, 0.1) is 17.9 Å². The lowest BCUT2D eigenvalue weighted by Gasteiger charge is -2.20. The van der Waals surface area contributed by atoms with Crippen molar-refractivity contribution in [1.29, 1.82) is 0 Å². The van der Waals surface area contributed by atoms with E-state index in [-0.39, 0.29) is 17.0 Å². The monoisotopic (exact) mass is 507 g/mol. The third-order valence-electron chi connectivity index (χ3n) is 6.65. The minimum absolute atomic E-state index is 0.0331. The highest BCUT2D eigenvalue weighted by Gasteiger charge is 2.58. The molecule has 0 bridgehead atoms. The molecule has 0 saturated heterocycles. The van der Waals surface area contributed by atoms with Crippen molar-refractivity contribution >= 4 is 35.0 Å². The predicted octanol–water partition coefficient (Wildman–Crippen LogP) is 3.62. The van der Waals surface area contributed by atoms with Crippen molar-refractivity contribution in [2.45, 2.75) is 24.8 Å². The van der Waals surface area contributed by atoms with Crippen molar-refractivity contribution in [1.82, 2.24) is 24.9 Å². The van der Waals surface area contributed by atoms with E-state index in [1.165, 1.54) is 16.9 Å². The quantitative estimate of drug-likeness (QED) is 0.384. The summed E-state index contributed by atoms with van der Waals surface area (Å²) in [6.45, 7) is 0.520. The fourth-order valence-corrected chi connectivity index (χ4v) is 4.64. The maximum atomic E-state index is 14.8. The van der Waals surface area contributed by atoms with Crippen LogP contribution in [0.5, 0.6) is 0 Å². The maximum Gasteiger partial charge on any atom is 0.272 e. The van der Waals surface area contributed by atoms with Gasteiger partial charge in [-0.15, -0.1) is 5.10 Å². The van der Waals surface area contributed by atoms with Crippen molar-refractivity contribution in [3.63, 3.8) is 0 Å². The van der Waals surface area contributed by atoms with E-state index >= 15 is 0 Å². The van der Waals surface area contributed by atoms with Crippen molar-refractivity contribution in [3.05, 3.63) is 65.4 Å². The van der Waals surface area contributed by atoms with Crippen LogP contribution in [0.2, 0.25) is 0 Å². The molecule has 2 aliphatic rings. The molecule has 4 aromatic rings. The molecule has 1 amide bonds. The topological polar surface area (TPSA) is 105 Å². The molecule has 2 N–H and O–H groups in total. The summed E-state index contributed by atoms with van der Waals surface area (Å²) in [5.74, 6) is -3.69. The molecule has 37 heavy (non-hydrogen) atoms. The molecule has 1 aliphatic carbocycles. The normalized spacial score (nSPS) is 17.5. The Bertz CT molecular complexity index is 1590. The molecule has 9 nitrogen and oxygen atoms in total. The van der Waals surface area contributed by atoms with Crippen molar-refractivity contribution in [2.24, 2.45) is 0 Å². The Morgan fingerprint density at radius 3 is 2.73 bits per heavy atom. The molecule has 6 rings (SSSR count). The highest BCUT2D eigenvalue weighted by Crippen LogP contribution is 2.42. The number of imidazole rings is 1. The van der Waals surface area contributed by atoms with Gasteiger partial charge >= 0.3 is 0 Å². The maximum absolute atomic E-state index is 14.8. The van der Waals surface area contributed by atoms with Gasteiger partial charge in [0.2, 0.25) is 0 Å². The van der Waals surface area contributed by atoms with Gasteiger partial charge in [0.25, 0.3) is 11.8 Å². The number of halogens is 3. The van der Waals surface area contributed by atoms with Crippen LogP contribution in [0.3, 0.4) is 0 Å². The van der Waals surface area contributed by atoms with Gasteiger partial charge in [-0.2, -0.15) is 0 Å². The lowest BCUT2D eigenvalue weighted by Crippen LogP contribution is -2.30. The first kappa shape index (κ1) is 23.0. The van der Waals surface area contributed by atoms with Gasteiger partial charge in [0, 0.05) is 49.1 Å². The first-order valence-electron chi connectivity index (χ1n) is 11.6. The van der Waals surface area contributed by atoms with Gasteiger partial charge in [-0.05, 0) is 24.1 Å².